The van der Waals surface area contributed by atoms with Gasteiger partial charge in [-0.05, 0) is 41.7 Å². The van der Waals surface area contributed by atoms with E-state index in [0.29, 0.717) is 0 Å². The zero-order chi connectivity index (χ0) is 12.4. The van der Waals surface area contributed by atoms with E-state index in [1.165, 1.54) is 22.3 Å². The molecule has 0 unspecified atom stereocenters. The molecule has 0 saturated carbocycles. The normalized spacial score (nSPS) is 15.7. The summed E-state index contributed by atoms with van der Waals surface area (Å²) >= 11 is 0. The molecule has 1 aliphatic carbocycles. The second kappa shape index (κ2) is 4.61. The molecule has 1 aliphatic rings. The van der Waals surface area contributed by atoms with Crippen LogP contribution in [0.25, 0.3) is 11.1 Å². The van der Waals surface area contributed by atoms with Crippen molar-refractivity contribution in [3.05, 3.63) is 53.9 Å². The summed E-state index contributed by atoms with van der Waals surface area (Å²) in [5.74, 6) is 0. The number of rotatable bonds is 2. The maximum atomic E-state index is 4.91. The van der Waals surface area contributed by atoms with Crippen molar-refractivity contribution in [1.29, 1.82) is 0 Å². The van der Waals surface area contributed by atoms with E-state index in [2.05, 4.69) is 28.3 Å². The lowest BCUT2D eigenvalue weighted by Crippen LogP contribution is -1.95. The van der Waals surface area contributed by atoms with Crippen LogP contribution < -0.4 is 0 Å². The Morgan fingerprint density at radius 2 is 1.83 bits per heavy atom. The van der Waals surface area contributed by atoms with Gasteiger partial charge in [0, 0.05) is 18.0 Å². The van der Waals surface area contributed by atoms with E-state index in [4.69, 9.17) is 4.84 Å². The van der Waals surface area contributed by atoms with Crippen LogP contribution in [0.3, 0.4) is 0 Å². The second-order valence-electron chi connectivity index (χ2n) is 4.29. The Bertz CT molecular complexity index is 591. The molecule has 0 fully saturated rings. The third kappa shape index (κ3) is 1.78. The highest BCUT2D eigenvalue weighted by molar-refractivity contribution is 6.05. The fourth-order valence-corrected chi connectivity index (χ4v) is 2.51. The van der Waals surface area contributed by atoms with E-state index >= 15 is 0 Å². The first kappa shape index (κ1) is 11.0. The molecule has 18 heavy (non-hydrogen) atoms. The largest absolute Gasteiger partial charge is 0.399 e. The molecule has 1 aromatic heterocycles. The number of nitrogens with zero attached hydrogens (tertiary/aromatic N) is 2. The van der Waals surface area contributed by atoms with E-state index in [0.717, 1.165) is 18.6 Å². The lowest BCUT2D eigenvalue weighted by molar-refractivity contribution is 0.213. The Morgan fingerprint density at radius 3 is 2.61 bits per heavy atom. The summed E-state index contributed by atoms with van der Waals surface area (Å²) < 4.78 is 0. The van der Waals surface area contributed by atoms with Gasteiger partial charge in [0.25, 0.3) is 0 Å². The van der Waals surface area contributed by atoms with Crippen molar-refractivity contribution in [3.8, 4) is 11.1 Å². The monoisotopic (exact) mass is 238 g/mol. The minimum Gasteiger partial charge on any atom is -0.399 e. The Hall–Kier alpha value is -2.16. The summed E-state index contributed by atoms with van der Waals surface area (Å²) in [4.78, 5) is 8.97. The standard InChI is InChI=1S/C15H14N2O/c1-18-17-15-6-5-13-12(3-2-4-14(13)15)11-7-9-16-10-8-11/h2-4,7-10H,5-6H2,1H3/b17-15+. The third-order valence-electron chi connectivity index (χ3n) is 3.29. The van der Waals surface area contributed by atoms with E-state index in [-0.39, 0.29) is 0 Å². The Morgan fingerprint density at radius 1 is 1.06 bits per heavy atom. The highest BCUT2D eigenvalue weighted by Gasteiger charge is 2.21. The van der Waals surface area contributed by atoms with Gasteiger partial charge in [-0.15, -0.1) is 0 Å². The minimum atomic E-state index is 0.950. The minimum absolute atomic E-state index is 0.950. The van der Waals surface area contributed by atoms with E-state index < -0.39 is 0 Å². The van der Waals surface area contributed by atoms with Crippen molar-refractivity contribution in [1.82, 2.24) is 4.98 Å². The molecule has 90 valence electrons. The molecule has 0 spiro atoms. The average molecular weight is 238 g/mol. The van der Waals surface area contributed by atoms with Gasteiger partial charge >= 0.3 is 0 Å². The molecule has 0 bridgehead atoms. The summed E-state index contributed by atoms with van der Waals surface area (Å²) in [7, 11) is 1.59. The van der Waals surface area contributed by atoms with Crippen molar-refractivity contribution < 1.29 is 4.84 Å². The molecule has 3 nitrogen and oxygen atoms in total. The van der Waals surface area contributed by atoms with Crippen LogP contribution in [0.15, 0.2) is 47.9 Å². The predicted molar refractivity (Wildman–Crippen MR) is 71.5 cm³/mol. The van der Waals surface area contributed by atoms with Crippen molar-refractivity contribution in [2.24, 2.45) is 5.16 Å². The number of pyridine rings is 1. The summed E-state index contributed by atoms with van der Waals surface area (Å²) in [5, 5.41) is 4.10. The fourth-order valence-electron chi connectivity index (χ4n) is 2.51. The highest BCUT2D eigenvalue weighted by Crippen LogP contribution is 2.32. The molecule has 0 atom stereocenters. The van der Waals surface area contributed by atoms with Gasteiger partial charge in [-0.2, -0.15) is 0 Å². The molecule has 3 rings (SSSR count). The van der Waals surface area contributed by atoms with Crippen molar-refractivity contribution >= 4 is 5.71 Å². The van der Waals surface area contributed by atoms with Crippen LogP contribution in [0.1, 0.15) is 17.5 Å². The number of fused-ring (bicyclic) bond motifs is 1. The first-order chi connectivity index (χ1) is 8.90. The highest BCUT2D eigenvalue weighted by atomic mass is 16.6. The molecule has 0 amide bonds. The number of hydrogen-bond donors (Lipinski definition) is 0. The lowest BCUT2D eigenvalue weighted by atomic mass is 9.98. The quantitative estimate of drug-likeness (QED) is 0.754. The predicted octanol–water partition coefficient (Wildman–Crippen LogP) is 3.05. The molecule has 0 saturated heterocycles. The van der Waals surface area contributed by atoms with Crippen molar-refractivity contribution in [3.63, 3.8) is 0 Å². The maximum Gasteiger partial charge on any atom is 0.106 e. The topological polar surface area (TPSA) is 34.5 Å². The average Bonchev–Trinajstić information content (AvgIpc) is 2.84. The van der Waals surface area contributed by atoms with Gasteiger partial charge in [0.2, 0.25) is 0 Å². The molecule has 1 aromatic carbocycles. The fraction of sp³-hybridized carbons (Fsp3) is 0.200. The molecule has 0 aliphatic heterocycles. The van der Waals surface area contributed by atoms with Crippen LogP contribution in [-0.2, 0) is 11.3 Å². The Kier molecular flexibility index (Phi) is 2.81. The first-order valence-corrected chi connectivity index (χ1v) is 6.03. The van der Waals surface area contributed by atoms with E-state index in [9.17, 15) is 0 Å². The van der Waals surface area contributed by atoms with Crippen LogP contribution in [-0.4, -0.2) is 17.8 Å². The van der Waals surface area contributed by atoms with Crippen LogP contribution in [0.5, 0.6) is 0 Å². The number of aromatic nitrogens is 1. The van der Waals surface area contributed by atoms with Gasteiger partial charge in [-0.1, -0.05) is 23.4 Å². The summed E-state index contributed by atoms with van der Waals surface area (Å²) in [6.07, 6.45) is 5.63. The molecular weight excluding hydrogens is 224 g/mol. The summed E-state index contributed by atoms with van der Waals surface area (Å²) in [6.45, 7) is 0. The van der Waals surface area contributed by atoms with Crippen LogP contribution in [0.2, 0.25) is 0 Å². The van der Waals surface area contributed by atoms with Gasteiger partial charge in [-0.3, -0.25) is 4.98 Å². The molecule has 0 N–H and O–H groups in total. The van der Waals surface area contributed by atoms with Gasteiger partial charge in [0.1, 0.15) is 7.11 Å². The SMILES string of the molecule is CO/N=C1\CCc2c1cccc2-c1ccncc1. The zero-order valence-electron chi connectivity index (χ0n) is 10.3. The Balaban J connectivity index is 2.13. The molecule has 3 heteroatoms. The zero-order valence-corrected chi connectivity index (χ0v) is 10.3. The van der Waals surface area contributed by atoms with E-state index in [1.54, 1.807) is 7.11 Å². The Labute approximate surface area is 106 Å². The molecule has 0 radical (unpaired) electrons. The van der Waals surface area contributed by atoms with Crippen LogP contribution in [0, 0.1) is 0 Å². The summed E-state index contributed by atoms with van der Waals surface area (Å²) in [5.41, 5.74) is 6.10. The first-order valence-electron chi connectivity index (χ1n) is 6.03. The summed E-state index contributed by atoms with van der Waals surface area (Å²) in [6, 6.07) is 10.4. The van der Waals surface area contributed by atoms with Gasteiger partial charge in [0.15, 0.2) is 0 Å². The van der Waals surface area contributed by atoms with Crippen LogP contribution >= 0.6 is 0 Å². The second-order valence-corrected chi connectivity index (χ2v) is 4.29. The molecular formula is C15H14N2O. The number of hydrogen-bond acceptors (Lipinski definition) is 3. The van der Waals surface area contributed by atoms with E-state index in [1.807, 2.05) is 24.5 Å². The van der Waals surface area contributed by atoms with Crippen molar-refractivity contribution in [2.75, 3.05) is 7.11 Å². The van der Waals surface area contributed by atoms with Gasteiger partial charge in [-0.25, -0.2) is 0 Å². The lowest BCUT2D eigenvalue weighted by Gasteiger charge is -2.07. The van der Waals surface area contributed by atoms with Crippen molar-refractivity contribution in [2.45, 2.75) is 12.8 Å². The smallest absolute Gasteiger partial charge is 0.106 e. The van der Waals surface area contributed by atoms with Gasteiger partial charge in [0.05, 0.1) is 5.71 Å². The molecule has 2 aromatic rings. The van der Waals surface area contributed by atoms with Crippen LogP contribution in [0.4, 0.5) is 0 Å². The number of oxime groups is 1. The molecule has 1 heterocycles. The third-order valence-corrected chi connectivity index (χ3v) is 3.29. The maximum absolute atomic E-state index is 4.91. The number of benzene rings is 1. The van der Waals surface area contributed by atoms with Gasteiger partial charge < -0.3 is 4.84 Å².